The maximum atomic E-state index is 13.4. The van der Waals surface area contributed by atoms with E-state index in [1.807, 2.05) is 29.4 Å². The molecule has 1 saturated heterocycles. The monoisotopic (exact) mass is 557 g/mol. The van der Waals surface area contributed by atoms with E-state index in [9.17, 15) is 14.4 Å². The number of carbonyl (C=O) groups is 3. The van der Waals surface area contributed by atoms with Crippen molar-refractivity contribution in [3.8, 4) is 11.5 Å². The summed E-state index contributed by atoms with van der Waals surface area (Å²) in [6.45, 7) is 5.08. The molecule has 210 valence electrons. The summed E-state index contributed by atoms with van der Waals surface area (Å²) < 4.78 is 21.4. The number of amides is 1. The molecule has 1 atom stereocenters. The molecule has 1 aromatic rings. The summed E-state index contributed by atoms with van der Waals surface area (Å²) in [5, 5.41) is 2.61. The summed E-state index contributed by atoms with van der Waals surface area (Å²) in [6, 6.07) is 4.89. The summed E-state index contributed by atoms with van der Waals surface area (Å²) >= 11 is 1.42. The van der Waals surface area contributed by atoms with Crippen LogP contribution in [0.4, 0.5) is 0 Å². The van der Waals surface area contributed by atoms with Gasteiger partial charge in [0.15, 0.2) is 5.17 Å². The van der Waals surface area contributed by atoms with Crippen LogP contribution in [0.5, 0.6) is 11.5 Å². The average Bonchev–Trinajstić information content (AvgIpc) is 3.37. The molecule has 0 saturated carbocycles. The number of methoxy groups -OCH3 is 3. The van der Waals surface area contributed by atoms with E-state index in [1.165, 1.54) is 18.9 Å². The fourth-order valence-electron chi connectivity index (χ4n) is 5.11. The predicted molar refractivity (Wildman–Crippen MR) is 147 cm³/mol. The van der Waals surface area contributed by atoms with Crippen molar-refractivity contribution in [3.05, 3.63) is 46.1 Å². The van der Waals surface area contributed by atoms with Gasteiger partial charge in [-0.2, -0.15) is 0 Å². The van der Waals surface area contributed by atoms with Crippen LogP contribution < -0.4 is 9.47 Å². The first-order valence-corrected chi connectivity index (χ1v) is 13.9. The van der Waals surface area contributed by atoms with Crippen molar-refractivity contribution in [2.24, 2.45) is 10.9 Å². The Kier molecular flexibility index (Phi) is 9.21. The SMILES string of the molecule is CCOC(=O)C1CCN(C(=O)CC2=CSC3=NC(CC)=C(C(=O)OC)C(c4cc(OC)cc(OC)c4)N23)CC1. The van der Waals surface area contributed by atoms with Gasteiger partial charge in [0, 0.05) is 24.9 Å². The molecule has 4 rings (SSSR count). The van der Waals surface area contributed by atoms with Crippen LogP contribution in [-0.2, 0) is 23.9 Å². The average molecular weight is 558 g/mol. The first-order valence-electron chi connectivity index (χ1n) is 13.1. The lowest BCUT2D eigenvalue weighted by Gasteiger charge is -2.37. The highest BCUT2D eigenvalue weighted by Gasteiger charge is 2.42. The number of aliphatic imine (C=N–C) groups is 1. The molecule has 1 fully saturated rings. The van der Waals surface area contributed by atoms with Gasteiger partial charge >= 0.3 is 11.9 Å². The maximum absolute atomic E-state index is 13.4. The molecule has 0 aliphatic carbocycles. The number of thioether (sulfide) groups is 1. The van der Waals surface area contributed by atoms with Crippen molar-refractivity contribution in [3.63, 3.8) is 0 Å². The minimum absolute atomic E-state index is 0.0442. The molecule has 0 spiro atoms. The van der Waals surface area contributed by atoms with Gasteiger partial charge in [-0.05, 0) is 49.3 Å². The number of fused-ring (bicyclic) bond motifs is 1. The molecule has 1 unspecified atom stereocenters. The second-order valence-electron chi connectivity index (χ2n) is 9.33. The van der Waals surface area contributed by atoms with E-state index in [-0.39, 0.29) is 24.2 Å². The molecule has 0 radical (unpaired) electrons. The van der Waals surface area contributed by atoms with Gasteiger partial charge in [0.1, 0.15) is 11.5 Å². The highest BCUT2D eigenvalue weighted by Crippen LogP contribution is 2.46. The number of carbonyl (C=O) groups excluding carboxylic acids is 3. The van der Waals surface area contributed by atoms with Gasteiger partial charge in [-0.25, -0.2) is 9.79 Å². The smallest absolute Gasteiger partial charge is 0.338 e. The van der Waals surface area contributed by atoms with E-state index >= 15 is 0 Å². The number of allylic oxidation sites excluding steroid dienone is 1. The second-order valence-corrected chi connectivity index (χ2v) is 10.2. The normalized spacial score (nSPS) is 19.3. The number of amidine groups is 1. The molecule has 3 heterocycles. The van der Waals surface area contributed by atoms with E-state index in [2.05, 4.69) is 0 Å². The molecule has 0 bridgehead atoms. The van der Waals surface area contributed by atoms with E-state index in [4.69, 9.17) is 23.9 Å². The molecule has 1 amide bonds. The number of likely N-dealkylation sites (tertiary alicyclic amines) is 1. The van der Waals surface area contributed by atoms with Crippen molar-refractivity contribution in [1.82, 2.24) is 9.80 Å². The van der Waals surface area contributed by atoms with Crippen LogP contribution in [0.3, 0.4) is 0 Å². The van der Waals surface area contributed by atoms with Gasteiger partial charge in [0.05, 0.1) is 57.6 Å². The lowest BCUT2D eigenvalue weighted by molar-refractivity contribution is -0.151. The maximum Gasteiger partial charge on any atom is 0.338 e. The first kappa shape index (κ1) is 28.5. The Hall–Kier alpha value is -3.47. The summed E-state index contributed by atoms with van der Waals surface area (Å²) in [6.07, 6.45) is 1.82. The molecule has 10 nitrogen and oxygen atoms in total. The van der Waals surface area contributed by atoms with E-state index in [0.717, 1.165) is 11.3 Å². The van der Waals surface area contributed by atoms with Gasteiger partial charge in [-0.15, -0.1) is 0 Å². The minimum Gasteiger partial charge on any atom is -0.497 e. The largest absolute Gasteiger partial charge is 0.497 e. The number of hydrogen-bond donors (Lipinski definition) is 0. The zero-order chi connectivity index (χ0) is 28.1. The lowest BCUT2D eigenvalue weighted by atomic mass is 9.92. The van der Waals surface area contributed by atoms with Crippen LogP contribution in [0.2, 0.25) is 0 Å². The Bertz CT molecular complexity index is 1200. The topological polar surface area (TPSA) is 107 Å². The Labute approximate surface area is 233 Å². The summed E-state index contributed by atoms with van der Waals surface area (Å²) in [7, 11) is 4.49. The number of rotatable bonds is 9. The quantitative estimate of drug-likeness (QED) is 0.416. The molecule has 11 heteroatoms. The third kappa shape index (κ3) is 5.93. The van der Waals surface area contributed by atoms with Crippen LogP contribution >= 0.6 is 11.8 Å². The third-order valence-corrected chi connectivity index (χ3v) is 8.01. The number of piperidine rings is 1. The number of esters is 2. The van der Waals surface area contributed by atoms with E-state index < -0.39 is 12.0 Å². The summed E-state index contributed by atoms with van der Waals surface area (Å²) in [5.74, 6) is 0.257. The van der Waals surface area contributed by atoms with Crippen molar-refractivity contribution in [1.29, 1.82) is 0 Å². The molecule has 0 N–H and O–H groups in total. The van der Waals surface area contributed by atoms with Crippen molar-refractivity contribution in [2.75, 3.05) is 41.0 Å². The predicted octanol–water partition coefficient (Wildman–Crippen LogP) is 4.03. The Balaban J connectivity index is 1.63. The van der Waals surface area contributed by atoms with E-state index in [0.29, 0.717) is 66.9 Å². The van der Waals surface area contributed by atoms with Crippen molar-refractivity contribution < 1.29 is 33.3 Å². The zero-order valence-corrected chi connectivity index (χ0v) is 23.8. The minimum atomic E-state index is -0.590. The van der Waals surface area contributed by atoms with Gasteiger partial charge in [-0.1, -0.05) is 18.7 Å². The number of ether oxygens (including phenoxy) is 4. The van der Waals surface area contributed by atoms with Gasteiger partial charge in [0.2, 0.25) is 5.91 Å². The summed E-state index contributed by atoms with van der Waals surface area (Å²) in [5.41, 5.74) is 2.53. The van der Waals surface area contributed by atoms with Gasteiger partial charge < -0.3 is 28.7 Å². The Morgan fingerprint density at radius 2 is 1.69 bits per heavy atom. The van der Waals surface area contributed by atoms with Gasteiger partial charge in [-0.3, -0.25) is 9.59 Å². The fourth-order valence-corrected chi connectivity index (χ4v) is 6.04. The highest BCUT2D eigenvalue weighted by molar-refractivity contribution is 8.16. The van der Waals surface area contributed by atoms with Crippen molar-refractivity contribution >= 4 is 34.8 Å². The second kappa shape index (κ2) is 12.6. The third-order valence-electron chi connectivity index (χ3n) is 7.12. The molecule has 0 aromatic heterocycles. The number of nitrogens with zero attached hydrogens (tertiary/aromatic N) is 3. The Morgan fingerprint density at radius 1 is 1.03 bits per heavy atom. The standard InChI is InChI=1S/C28H35N3O7S/c1-6-22-24(27(34)37-5)25(18-12-20(35-3)15-21(13-18)36-4)31-19(16-39-28(31)29-22)14-23(32)30-10-8-17(9-11-30)26(33)38-7-2/h12-13,15-17,25H,6-11,14H2,1-5H3. The van der Waals surface area contributed by atoms with Crippen LogP contribution in [0.25, 0.3) is 0 Å². The molecular formula is C28H35N3O7S. The molecule has 39 heavy (non-hydrogen) atoms. The van der Waals surface area contributed by atoms with Crippen molar-refractivity contribution in [2.45, 2.75) is 45.6 Å². The number of benzene rings is 1. The molecule has 3 aliphatic heterocycles. The molecular weight excluding hydrogens is 522 g/mol. The van der Waals surface area contributed by atoms with Crippen LogP contribution in [0.1, 0.15) is 51.1 Å². The van der Waals surface area contributed by atoms with Crippen LogP contribution in [0, 0.1) is 5.92 Å². The fraction of sp³-hybridized carbons (Fsp3) is 0.500. The van der Waals surface area contributed by atoms with Crippen LogP contribution in [0.15, 0.2) is 45.6 Å². The lowest BCUT2D eigenvalue weighted by Crippen LogP contribution is -2.42. The van der Waals surface area contributed by atoms with Gasteiger partial charge in [0.25, 0.3) is 0 Å². The Morgan fingerprint density at radius 3 is 2.26 bits per heavy atom. The molecule has 1 aromatic carbocycles. The number of hydrogen-bond acceptors (Lipinski definition) is 10. The van der Waals surface area contributed by atoms with Crippen LogP contribution in [-0.4, -0.2) is 73.8 Å². The first-order chi connectivity index (χ1) is 18.8. The highest BCUT2D eigenvalue weighted by atomic mass is 32.2. The van der Waals surface area contributed by atoms with E-state index in [1.54, 1.807) is 32.1 Å². The summed E-state index contributed by atoms with van der Waals surface area (Å²) in [4.78, 5) is 47.2. The molecule has 3 aliphatic rings. The zero-order valence-electron chi connectivity index (χ0n) is 23.0.